The second kappa shape index (κ2) is 3.58. The number of hydrogen-bond acceptors (Lipinski definition) is 3. The summed E-state index contributed by atoms with van der Waals surface area (Å²) in [6.45, 7) is -0.470. The number of nitrogens with one attached hydrogen (secondary N) is 2. The molecule has 0 amide bonds. The molecule has 0 bridgehead atoms. The smallest absolute Gasteiger partial charge is 0.347 e. The summed E-state index contributed by atoms with van der Waals surface area (Å²) in [6, 6.07) is 0. The van der Waals surface area contributed by atoms with Gasteiger partial charge in [-0.05, 0) is 0 Å². The average Bonchev–Trinajstić information content (AvgIpc) is 2.50. The minimum Gasteiger partial charge on any atom is -0.347 e. The molecule has 0 fully saturated rings. The second-order valence-electron chi connectivity index (χ2n) is 2.35. The van der Waals surface area contributed by atoms with Crippen molar-refractivity contribution in [3.8, 4) is 0 Å². The van der Waals surface area contributed by atoms with Gasteiger partial charge in [-0.2, -0.15) is 13.2 Å². The number of sulfonamides is 1. The van der Waals surface area contributed by atoms with E-state index in [2.05, 4.69) is 9.97 Å². The number of alkyl halides is 3. The van der Waals surface area contributed by atoms with Crippen LogP contribution < -0.4 is 4.72 Å². The molecule has 0 saturated carbocycles. The maximum Gasteiger partial charge on any atom is 0.511 e. The van der Waals surface area contributed by atoms with Gasteiger partial charge in [-0.25, -0.2) is 18.1 Å². The Kier molecular flexibility index (Phi) is 2.81. The molecule has 14 heavy (non-hydrogen) atoms. The van der Waals surface area contributed by atoms with Gasteiger partial charge < -0.3 is 4.98 Å². The molecule has 0 aliphatic carbocycles. The molecule has 80 valence electrons. The van der Waals surface area contributed by atoms with E-state index in [0.717, 1.165) is 0 Å². The van der Waals surface area contributed by atoms with Gasteiger partial charge in [0, 0.05) is 11.9 Å². The lowest BCUT2D eigenvalue weighted by Crippen LogP contribution is -2.36. The van der Waals surface area contributed by atoms with Crippen LogP contribution in [0.25, 0.3) is 0 Å². The molecule has 1 rings (SSSR count). The molecule has 1 aromatic rings. The van der Waals surface area contributed by atoms with E-state index in [0.29, 0.717) is 0 Å². The van der Waals surface area contributed by atoms with Crippen LogP contribution in [-0.4, -0.2) is 23.9 Å². The van der Waals surface area contributed by atoms with Crippen molar-refractivity contribution in [2.75, 3.05) is 0 Å². The highest BCUT2D eigenvalue weighted by Gasteiger charge is 2.45. The fraction of sp³-hybridized carbons (Fsp3) is 0.400. The van der Waals surface area contributed by atoms with Crippen molar-refractivity contribution in [3.05, 3.63) is 18.2 Å². The van der Waals surface area contributed by atoms with E-state index in [1.807, 2.05) is 0 Å². The summed E-state index contributed by atoms with van der Waals surface area (Å²) < 4.78 is 57.7. The molecule has 1 heterocycles. The molecule has 2 N–H and O–H groups in total. The molecule has 0 aliphatic rings. The average molecular weight is 229 g/mol. The molecule has 9 heteroatoms. The molecule has 5 nitrogen and oxygen atoms in total. The summed E-state index contributed by atoms with van der Waals surface area (Å²) in [5.74, 6) is 0. The molecule has 0 saturated heterocycles. The SMILES string of the molecule is O=S(=O)(NCc1cnc[nH]1)C(F)(F)F. The largest absolute Gasteiger partial charge is 0.511 e. The fourth-order valence-electron chi connectivity index (χ4n) is 0.636. The summed E-state index contributed by atoms with van der Waals surface area (Å²) in [7, 11) is -5.27. The van der Waals surface area contributed by atoms with Gasteiger partial charge in [-0.3, -0.25) is 0 Å². The minimum absolute atomic E-state index is 0.248. The van der Waals surface area contributed by atoms with Crippen molar-refractivity contribution in [2.24, 2.45) is 0 Å². The maximum atomic E-state index is 11.8. The van der Waals surface area contributed by atoms with E-state index in [1.54, 1.807) is 0 Å². The Labute approximate surface area is 77.4 Å². The zero-order chi connectivity index (χ0) is 10.8. The van der Waals surface area contributed by atoms with Gasteiger partial charge in [-0.15, -0.1) is 0 Å². The third kappa shape index (κ3) is 2.45. The van der Waals surface area contributed by atoms with Crippen LogP contribution in [0, 0.1) is 0 Å². The molecule has 0 radical (unpaired) electrons. The Balaban J connectivity index is 2.63. The maximum absolute atomic E-state index is 11.8. The van der Waals surface area contributed by atoms with Crippen molar-refractivity contribution in [2.45, 2.75) is 12.1 Å². The summed E-state index contributed by atoms with van der Waals surface area (Å²) in [5, 5.41) is 0. The molecule has 0 aromatic carbocycles. The number of nitrogens with zero attached hydrogens (tertiary/aromatic N) is 1. The van der Waals surface area contributed by atoms with Crippen LogP contribution in [0.4, 0.5) is 13.2 Å². The standard InChI is InChI=1S/C5H6F3N3O2S/c6-5(7,8)14(12,13)11-2-4-1-9-3-10-4/h1,3,11H,2H2,(H,9,10). The summed E-state index contributed by atoms with van der Waals surface area (Å²) in [5.41, 5.74) is -5.04. The van der Waals surface area contributed by atoms with Gasteiger partial charge >= 0.3 is 15.5 Å². The van der Waals surface area contributed by atoms with Gasteiger partial charge in [0.05, 0.1) is 12.9 Å². The topological polar surface area (TPSA) is 74.8 Å². The van der Waals surface area contributed by atoms with Gasteiger partial charge in [0.1, 0.15) is 0 Å². The minimum atomic E-state index is -5.28. The number of hydrogen-bond donors (Lipinski definition) is 2. The van der Waals surface area contributed by atoms with Gasteiger partial charge in [0.25, 0.3) is 0 Å². The first-order valence-electron chi connectivity index (χ1n) is 3.36. The van der Waals surface area contributed by atoms with Crippen LogP contribution >= 0.6 is 0 Å². The van der Waals surface area contributed by atoms with E-state index >= 15 is 0 Å². The number of rotatable bonds is 3. The Morgan fingerprint density at radius 1 is 1.50 bits per heavy atom. The van der Waals surface area contributed by atoms with Crippen LogP contribution in [0.5, 0.6) is 0 Å². The van der Waals surface area contributed by atoms with Crippen LogP contribution in [0.15, 0.2) is 12.5 Å². The first-order chi connectivity index (χ1) is 6.33. The highest BCUT2D eigenvalue weighted by molar-refractivity contribution is 7.90. The Morgan fingerprint density at radius 3 is 2.57 bits per heavy atom. The number of aromatic nitrogens is 2. The number of aromatic amines is 1. The van der Waals surface area contributed by atoms with Crippen LogP contribution in [0.2, 0.25) is 0 Å². The van der Waals surface area contributed by atoms with Crippen LogP contribution in [0.3, 0.4) is 0 Å². The van der Waals surface area contributed by atoms with Gasteiger partial charge in [-0.1, -0.05) is 0 Å². The van der Waals surface area contributed by atoms with Crippen molar-refractivity contribution >= 4 is 10.0 Å². The first-order valence-corrected chi connectivity index (χ1v) is 4.84. The van der Waals surface area contributed by atoms with Crippen LogP contribution in [-0.2, 0) is 16.6 Å². The molecule has 1 aromatic heterocycles. The normalized spacial score (nSPS) is 13.1. The first kappa shape index (κ1) is 11.0. The number of H-pyrrole nitrogens is 1. The van der Waals surface area contributed by atoms with Crippen molar-refractivity contribution in [1.29, 1.82) is 0 Å². The van der Waals surface area contributed by atoms with E-state index in [9.17, 15) is 21.6 Å². The van der Waals surface area contributed by atoms with Crippen LogP contribution in [0.1, 0.15) is 5.69 Å². The molecule has 0 aliphatic heterocycles. The van der Waals surface area contributed by atoms with E-state index in [1.165, 1.54) is 17.2 Å². The lowest BCUT2D eigenvalue weighted by molar-refractivity contribution is -0.0448. The summed E-state index contributed by atoms with van der Waals surface area (Å²) in [4.78, 5) is 5.97. The van der Waals surface area contributed by atoms with E-state index in [4.69, 9.17) is 0 Å². The lowest BCUT2D eigenvalue weighted by Gasteiger charge is -2.07. The highest BCUT2D eigenvalue weighted by atomic mass is 32.2. The van der Waals surface area contributed by atoms with Crippen molar-refractivity contribution in [3.63, 3.8) is 0 Å². The zero-order valence-electron chi connectivity index (χ0n) is 6.67. The van der Waals surface area contributed by atoms with E-state index in [-0.39, 0.29) is 5.69 Å². The van der Waals surface area contributed by atoms with Crippen molar-refractivity contribution < 1.29 is 21.6 Å². The van der Waals surface area contributed by atoms with E-state index < -0.39 is 22.1 Å². The zero-order valence-corrected chi connectivity index (χ0v) is 7.48. The third-order valence-corrected chi connectivity index (χ3v) is 2.45. The fourth-order valence-corrected chi connectivity index (χ4v) is 1.15. The molecule has 0 unspecified atom stereocenters. The van der Waals surface area contributed by atoms with Gasteiger partial charge in [0.15, 0.2) is 0 Å². The number of halogens is 3. The predicted octanol–water partition coefficient (Wildman–Crippen LogP) is 0.349. The molecular weight excluding hydrogens is 223 g/mol. The van der Waals surface area contributed by atoms with Crippen molar-refractivity contribution in [1.82, 2.24) is 14.7 Å². The summed E-state index contributed by atoms with van der Waals surface area (Å²) >= 11 is 0. The molecule has 0 atom stereocenters. The third-order valence-electron chi connectivity index (χ3n) is 1.31. The monoisotopic (exact) mass is 229 g/mol. The second-order valence-corrected chi connectivity index (χ2v) is 4.11. The quantitative estimate of drug-likeness (QED) is 0.785. The predicted molar refractivity (Wildman–Crippen MR) is 40.4 cm³/mol. The highest BCUT2D eigenvalue weighted by Crippen LogP contribution is 2.21. The van der Waals surface area contributed by atoms with Gasteiger partial charge in [0.2, 0.25) is 0 Å². The Morgan fingerprint density at radius 2 is 2.14 bits per heavy atom. The lowest BCUT2D eigenvalue weighted by atomic mass is 10.5. The molecular formula is C5H6F3N3O2S. The summed E-state index contributed by atoms with van der Waals surface area (Å²) in [6.07, 6.45) is 2.45. The number of imidazole rings is 1. The Bertz CT molecular complexity index is 383. The Hall–Kier alpha value is -1.09. The molecule has 0 spiro atoms.